The van der Waals surface area contributed by atoms with Crippen LogP contribution >= 0.6 is 11.3 Å². The van der Waals surface area contributed by atoms with Gasteiger partial charge in [0.15, 0.2) is 6.29 Å². The van der Waals surface area contributed by atoms with E-state index in [-0.39, 0.29) is 5.82 Å². The molecule has 0 bridgehead atoms. The van der Waals surface area contributed by atoms with Gasteiger partial charge in [-0.05, 0) is 12.1 Å². The van der Waals surface area contributed by atoms with Gasteiger partial charge in [-0.25, -0.2) is 9.37 Å². The quantitative estimate of drug-likeness (QED) is 0.709. The van der Waals surface area contributed by atoms with E-state index in [0.29, 0.717) is 22.6 Å². The van der Waals surface area contributed by atoms with Gasteiger partial charge in [0.1, 0.15) is 16.5 Å². The van der Waals surface area contributed by atoms with Crippen LogP contribution in [0.2, 0.25) is 0 Å². The second kappa shape index (κ2) is 3.67. The molecule has 2 rings (SSSR count). The Bertz CT molecular complexity index is 467. The summed E-state index contributed by atoms with van der Waals surface area (Å²) in [5.41, 5.74) is 1.08. The number of nitrogens with zero attached hydrogens (tertiary/aromatic N) is 1. The van der Waals surface area contributed by atoms with Crippen molar-refractivity contribution < 1.29 is 9.18 Å². The lowest BCUT2D eigenvalue weighted by atomic mass is 10.2. The van der Waals surface area contributed by atoms with Crippen LogP contribution in [0.1, 0.15) is 10.5 Å². The third-order valence-electron chi connectivity index (χ3n) is 1.71. The minimum Gasteiger partial charge on any atom is -0.296 e. The van der Waals surface area contributed by atoms with Gasteiger partial charge < -0.3 is 0 Å². The van der Waals surface area contributed by atoms with Gasteiger partial charge in [-0.1, -0.05) is 12.1 Å². The number of hydrogen-bond acceptors (Lipinski definition) is 3. The highest BCUT2D eigenvalue weighted by atomic mass is 32.1. The second-order valence-corrected chi connectivity index (χ2v) is 3.56. The van der Waals surface area contributed by atoms with Gasteiger partial charge in [0.05, 0.1) is 0 Å². The van der Waals surface area contributed by atoms with Gasteiger partial charge in [0.2, 0.25) is 0 Å². The molecule has 0 N–H and O–H groups in total. The van der Waals surface area contributed by atoms with E-state index in [4.69, 9.17) is 0 Å². The smallest absolute Gasteiger partial charge is 0.169 e. The Morgan fingerprint density at radius 3 is 2.93 bits per heavy atom. The normalized spacial score (nSPS) is 10.1. The maximum Gasteiger partial charge on any atom is 0.169 e. The fourth-order valence-corrected chi connectivity index (χ4v) is 1.86. The lowest BCUT2D eigenvalue weighted by molar-refractivity contribution is 0.111. The third kappa shape index (κ3) is 1.70. The fraction of sp³-hybridized carbons (Fsp3) is 0. The van der Waals surface area contributed by atoms with Crippen LogP contribution in [-0.4, -0.2) is 11.3 Å². The Labute approximate surface area is 84.0 Å². The minimum absolute atomic E-state index is 0.301. The summed E-state index contributed by atoms with van der Waals surface area (Å²) >= 11 is 1.33. The molecular weight excluding hydrogens is 201 g/mol. The van der Waals surface area contributed by atoms with E-state index in [2.05, 4.69) is 4.98 Å². The van der Waals surface area contributed by atoms with Crippen molar-refractivity contribution in [3.05, 3.63) is 41.2 Å². The molecular formula is C10H6FNOS. The van der Waals surface area contributed by atoms with Crippen molar-refractivity contribution in [2.75, 3.05) is 0 Å². The SMILES string of the molecule is O=Cc1csc(-c2cccc(F)c2)n1. The summed E-state index contributed by atoms with van der Waals surface area (Å²) in [6.45, 7) is 0. The van der Waals surface area contributed by atoms with Crippen molar-refractivity contribution >= 4 is 17.6 Å². The van der Waals surface area contributed by atoms with Gasteiger partial charge >= 0.3 is 0 Å². The van der Waals surface area contributed by atoms with Crippen molar-refractivity contribution in [3.63, 3.8) is 0 Å². The molecule has 0 saturated carbocycles. The number of halogens is 1. The lowest BCUT2D eigenvalue weighted by Gasteiger charge is -1.94. The predicted octanol–water partition coefficient (Wildman–Crippen LogP) is 2.76. The van der Waals surface area contributed by atoms with Gasteiger partial charge in [-0.15, -0.1) is 11.3 Å². The van der Waals surface area contributed by atoms with Crippen molar-refractivity contribution in [1.82, 2.24) is 4.98 Å². The van der Waals surface area contributed by atoms with E-state index in [0.717, 1.165) is 0 Å². The molecule has 0 unspecified atom stereocenters. The zero-order valence-corrected chi connectivity index (χ0v) is 7.92. The molecule has 1 heterocycles. The molecule has 0 radical (unpaired) electrons. The summed E-state index contributed by atoms with van der Waals surface area (Å²) in [4.78, 5) is 14.4. The highest BCUT2D eigenvalue weighted by Gasteiger charge is 2.04. The van der Waals surface area contributed by atoms with Crippen LogP contribution in [0.25, 0.3) is 10.6 Å². The number of thiazole rings is 1. The van der Waals surface area contributed by atoms with Crippen LogP contribution < -0.4 is 0 Å². The average Bonchev–Trinajstić information content (AvgIpc) is 2.66. The lowest BCUT2D eigenvalue weighted by Crippen LogP contribution is -1.81. The number of aldehydes is 1. The predicted molar refractivity (Wildman–Crippen MR) is 52.9 cm³/mol. The minimum atomic E-state index is -0.301. The summed E-state index contributed by atoms with van der Waals surface area (Å²) in [6, 6.07) is 6.15. The van der Waals surface area contributed by atoms with E-state index in [1.54, 1.807) is 17.5 Å². The van der Waals surface area contributed by atoms with Crippen molar-refractivity contribution in [2.24, 2.45) is 0 Å². The van der Waals surface area contributed by atoms with E-state index >= 15 is 0 Å². The molecule has 1 aromatic carbocycles. The Balaban J connectivity index is 2.43. The number of rotatable bonds is 2. The number of carbonyl (C=O) groups excluding carboxylic acids is 1. The highest BCUT2D eigenvalue weighted by molar-refractivity contribution is 7.13. The van der Waals surface area contributed by atoms with E-state index in [1.807, 2.05) is 0 Å². The molecule has 1 aromatic heterocycles. The molecule has 0 aliphatic rings. The van der Waals surface area contributed by atoms with Crippen LogP contribution in [0, 0.1) is 5.82 Å². The molecule has 0 atom stereocenters. The number of hydrogen-bond donors (Lipinski definition) is 0. The molecule has 0 amide bonds. The maximum absolute atomic E-state index is 12.8. The Hall–Kier alpha value is -1.55. The zero-order valence-electron chi connectivity index (χ0n) is 7.11. The number of aromatic nitrogens is 1. The molecule has 0 aliphatic carbocycles. The number of benzene rings is 1. The summed E-state index contributed by atoms with van der Waals surface area (Å²) in [7, 11) is 0. The van der Waals surface area contributed by atoms with Crippen LogP contribution in [0.3, 0.4) is 0 Å². The Morgan fingerprint density at radius 2 is 2.29 bits per heavy atom. The molecule has 0 aliphatic heterocycles. The first-order valence-corrected chi connectivity index (χ1v) is 4.84. The average molecular weight is 207 g/mol. The summed E-state index contributed by atoms with van der Waals surface area (Å²) in [5, 5.41) is 2.30. The van der Waals surface area contributed by atoms with Crippen LogP contribution in [0.15, 0.2) is 29.6 Å². The summed E-state index contributed by atoms with van der Waals surface area (Å²) < 4.78 is 12.8. The summed E-state index contributed by atoms with van der Waals surface area (Å²) in [6.07, 6.45) is 0.680. The molecule has 70 valence electrons. The largest absolute Gasteiger partial charge is 0.296 e. The second-order valence-electron chi connectivity index (χ2n) is 2.71. The van der Waals surface area contributed by atoms with Crippen LogP contribution in [-0.2, 0) is 0 Å². The molecule has 0 fully saturated rings. The Kier molecular flexibility index (Phi) is 2.37. The molecule has 0 saturated heterocycles. The molecule has 14 heavy (non-hydrogen) atoms. The number of carbonyl (C=O) groups is 1. The van der Waals surface area contributed by atoms with E-state index in [9.17, 15) is 9.18 Å². The van der Waals surface area contributed by atoms with Crippen molar-refractivity contribution in [2.45, 2.75) is 0 Å². The molecule has 2 nitrogen and oxygen atoms in total. The van der Waals surface area contributed by atoms with Crippen LogP contribution in [0.5, 0.6) is 0 Å². The third-order valence-corrected chi connectivity index (χ3v) is 2.62. The van der Waals surface area contributed by atoms with Crippen LogP contribution in [0.4, 0.5) is 4.39 Å². The molecule has 0 spiro atoms. The van der Waals surface area contributed by atoms with Gasteiger partial charge in [0, 0.05) is 10.9 Å². The van der Waals surface area contributed by atoms with Crippen molar-refractivity contribution in [3.8, 4) is 10.6 Å². The van der Waals surface area contributed by atoms with Gasteiger partial charge in [0.25, 0.3) is 0 Å². The monoisotopic (exact) mass is 207 g/mol. The Morgan fingerprint density at radius 1 is 1.43 bits per heavy atom. The van der Waals surface area contributed by atoms with E-state index in [1.165, 1.54) is 23.5 Å². The maximum atomic E-state index is 12.8. The highest BCUT2D eigenvalue weighted by Crippen LogP contribution is 2.23. The van der Waals surface area contributed by atoms with E-state index < -0.39 is 0 Å². The van der Waals surface area contributed by atoms with Gasteiger partial charge in [-0.3, -0.25) is 4.79 Å². The zero-order chi connectivity index (χ0) is 9.97. The van der Waals surface area contributed by atoms with Crippen molar-refractivity contribution in [1.29, 1.82) is 0 Å². The standard InChI is InChI=1S/C10H6FNOS/c11-8-3-1-2-7(4-8)10-12-9(5-13)6-14-10/h1-6H. The molecule has 2 aromatic rings. The topological polar surface area (TPSA) is 30.0 Å². The van der Waals surface area contributed by atoms with Gasteiger partial charge in [-0.2, -0.15) is 0 Å². The summed E-state index contributed by atoms with van der Waals surface area (Å²) in [5.74, 6) is -0.301. The first-order valence-electron chi connectivity index (χ1n) is 3.96. The fourth-order valence-electron chi connectivity index (χ4n) is 1.09. The first-order chi connectivity index (χ1) is 6.79. The first kappa shape index (κ1) is 9.02. The molecule has 4 heteroatoms.